The maximum atomic E-state index is 5.28. The minimum atomic E-state index is 0.934. The van der Waals surface area contributed by atoms with E-state index in [0.717, 1.165) is 19.6 Å². The molecule has 0 aliphatic heterocycles. The van der Waals surface area contributed by atoms with Crippen molar-refractivity contribution >= 4 is 0 Å². The van der Waals surface area contributed by atoms with Gasteiger partial charge >= 0.3 is 0 Å². The van der Waals surface area contributed by atoms with Gasteiger partial charge in [-0.1, -0.05) is 38.3 Å². The molecule has 0 aliphatic rings. The minimum absolute atomic E-state index is 0.934. The molecule has 0 rings (SSSR count). The van der Waals surface area contributed by atoms with Gasteiger partial charge in [0.05, 0.1) is 0 Å². The summed E-state index contributed by atoms with van der Waals surface area (Å²) in [5.74, 6) is 0. The van der Waals surface area contributed by atoms with Crippen LogP contribution in [0.2, 0.25) is 0 Å². The van der Waals surface area contributed by atoms with Crippen LogP contribution >= 0.6 is 0 Å². The molecule has 0 aromatic heterocycles. The molecule has 0 spiro atoms. The Labute approximate surface area is 90.5 Å². The van der Waals surface area contributed by atoms with Gasteiger partial charge in [-0.05, 0) is 33.6 Å². The molecule has 0 aliphatic carbocycles. The highest BCUT2D eigenvalue weighted by Gasteiger charge is 1.84. The number of unbranched alkanes of at least 4 members (excludes halogenated alkanes) is 2. The SMILES string of the molecule is CC=C(C)C.CCCCCOCCC. The van der Waals surface area contributed by atoms with Gasteiger partial charge in [0.2, 0.25) is 0 Å². The maximum Gasteiger partial charge on any atom is 0.0466 e. The molecule has 0 atom stereocenters. The van der Waals surface area contributed by atoms with E-state index in [1.807, 2.05) is 6.92 Å². The van der Waals surface area contributed by atoms with E-state index in [2.05, 4.69) is 33.8 Å². The Hall–Kier alpha value is -0.300. The molecule has 0 aromatic carbocycles. The van der Waals surface area contributed by atoms with Crippen molar-refractivity contribution in [3.8, 4) is 0 Å². The van der Waals surface area contributed by atoms with E-state index >= 15 is 0 Å². The number of hydrogen-bond donors (Lipinski definition) is 0. The van der Waals surface area contributed by atoms with Crippen LogP contribution in [-0.2, 0) is 4.74 Å². The molecule has 0 aromatic rings. The molecular weight excluding hydrogens is 172 g/mol. The lowest BCUT2D eigenvalue weighted by atomic mass is 10.3. The van der Waals surface area contributed by atoms with E-state index in [9.17, 15) is 0 Å². The number of hydrogen-bond acceptors (Lipinski definition) is 1. The molecule has 14 heavy (non-hydrogen) atoms. The van der Waals surface area contributed by atoms with Crippen LogP contribution in [0.15, 0.2) is 11.6 Å². The Morgan fingerprint density at radius 2 is 1.57 bits per heavy atom. The second-order valence-corrected chi connectivity index (χ2v) is 3.69. The fourth-order valence-corrected chi connectivity index (χ4v) is 0.701. The minimum Gasteiger partial charge on any atom is -0.381 e. The van der Waals surface area contributed by atoms with Crippen molar-refractivity contribution in [2.24, 2.45) is 0 Å². The highest BCUT2D eigenvalue weighted by Crippen LogP contribution is 1.93. The fraction of sp³-hybridized carbons (Fsp3) is 0.846. The highest BCUT2D eigenvalue weighted by molar-refractivity contribution is 4.88. The van der Waals surface area contributed by atoms with Crippen molar-refractivity contribution in [2.45, 2.75) is 60.3 Å². The summed E-state index contributed by atoms with van der Waals surface area (Å²) >= 11 is 0. The zero-order valence-corrected chi connectivity index (χ0v) is 10.7. The van der Waals surface area contributed by atoms with E-state index in [1.165, 1.54) is 24.8 Å². The summed E-state index contributed by atoms with van der Waals surface area (Å²) in [6.07, 6.45) is 7.06. The number of rotatable bonds is 6. The molecule has 0 heterocycles. The van der Waals surface area contributed by atoms with Crippen molar-refractivity contribution < 1.29 is 4.74 Å². The molecule has 0 unspecified atom stereocenters. The molecule has 1 nitrogen and oxygen atoms in total. The van der Waals surface area contributed by atoms with Crippen LogP contribution in [0.5, 0.6) is 0 Å². The van der Waals surface area contributed by atoms with Crippen molar-refractivity contribution in [2.75, 3.05) is 13.2 Å². The largest absolute Gasteiger partial charge is 0.381 e. The lowest BCUT2D eigenvalue weighted by Gasteiger charge is -1.99. The first-order valence-electron chi connectivity index (χ1n) is 5.86. The Bertz CT molecular complexity index is 106. The molecule has 0 saturated heterocycles. The molecule has 0 saturated carbocycles. The summed E-state index contributed by atoms with van der Waals surface area (Å²) < 4.78 is 5.28. The van der Waals surface area contributed by atoms with Gasteiger partial charge in [0.25, 0.3) is 0 Å². The summed E-state index contributed by atoms with van der Waals surface area (Å²) in [5, 5.41) is 0. The van der Waals surface area contributed by atoms with E-state index < -0.39 is 0 Å². The summed E-state index contributed by atoms with van der Waals surface area (Å²) in [4.78, 5) is 0. The van der Waals surface area contributed by atoms with Crippen molar-refractivity contribution in [3.63, 3.8) is 0 Å². The topological polar surface area (TPSA) is 9.23 Å². The third-order valence-electron chi connectivity index (χ3n) is 1.82. The van der Waals surface area contributed by atoms with Crippen LogP contribution < -0.4 is 0 Å². The smallest absolute Gasteiger partial charge is 0.0466 e. The van der Waals surface area contributed by atoms with Gasteiger partial charge in [-0.25, -0.2) is 0 Å². The fourth-order valence-electron chi connectivity index (χ4n) is 0.701. The van der Waals surface area contributed by atoms with E-state index in [0.29, 0.717) is 0 Å². The van der Waals surface area contributed by atoms with E-state index in [4.69, 9.17) is 4.74 Å². The van der Waals surface area contributed by atoms with Gasteiger partial charge in [-0.2, -0.15) is 0 Å². The molecule has 0 bridgehead atoms. The van der Waals surface area contributed by atoms with E-state index in [1.54, 1.807) is 0 Å². The normalized spacial score (nSPS) is 8.93. The Morgan fingerprint density at radius 3 is 1.93 bits per heavy atom. The Kier molecular flexibility index (Phi) is 17.5. The lowest BCUT2D eigenvalue weighted by Crippen LogP contribution is -1.94. The molecule has 0 radical (unpaired) electrons. The van der Waals surface area contributed by atoms with Gasteiger partial charge in [-0.15, -0.1) is 0 Å². The monoisotopic (exact) mass is 200 g/mol. The van der Waals surface area contributed by atoms with Crippen molar-refractivity contribution in [1.29, 1.82) is 0 Å². The van der Waals surface area contributed by atoms with Gasteiger partial charge in [-0.3, -0.25) is 0 Å². The quantitative estimate of drug-likeness (QED) is 0.450. The average Bonchev–Trinajstić information content (AvgIpc) is 2.19. The highest BCUT2D eigenvalue weighted by atomic mass is 16.5. The molecule has 0 fully saturated rings. The van der Waals surface area contributed by atoms with Crippen molar-refractivity contribution in [3.05, 3.63) is 11.6 Å². The van der Waals surface area contributed by atoms with Gasteiger partial charge < -0.3 is 4.74 Å². The zero-order valence-electron chi connectivity index (χ0n) is 10.7. The van der Waals surface area contributed by atoms with Gasteiger partial charge in [0.1, 0.15) is 0 Å². The summed E-state index contributed by atoms with van der Waals surface area (Å²) in [7, 11) is 0. The second-order valence-electron chi connectivity index (χ2n) is 3.69. The third kappa shape index (κ3) is 22.6. The molecular formula is C13H28O. The van der Waals surface area contributed by atoms with Crippen LogP contribution in [0.4, 0.5) is 0 Å². The zero-order chi connectivity index (χ0) is 11.2. The second kappa shape index (κ2) is 15.2. The lowest BCUT2D eigenvalue weighted by molar-refractivity contribution is 0.131. The predicted molar refractivity (Wildman–Crippen MR) is 65.7 cm³/mol. The first-order chi connectivity index (χ1) is 6.68. The molecule has 86 valence electrons. The van der Waals surface area contributed by atoms with Crippen LogP contribution in [0.1, 0.15) is 60.3 Å². The average molecular weight is 200 g/mol. The first-order valence-corrected chi connectivity index (χ1v) is 5.86. The Balaban J connectivity index is 0. The molecule has 1 heteroatoms. The number of ether oxygens (including phenoxy) is 1. The maximum absolute atomic E-state index is 5.28. The van der Waals surface area contributed by atoms with Crippen LogP contribution in [0.25, 0.3) is 0 Å². The molecule has 0 amide bonds. The van der Waals surface area contributed by atoms with E-state index in [-0.39, 0.29) is 0 Å². The Morgan fingerprint density at radius 1 is 1.00 bits per heavy atom. The van der Waals surface area contributed by atoms with Crippen LogP contribution in [0, 0.1) is 0 Å². The van der Waals surface area contributed by atoms with Crippen LogP contribution in [0.3, 0.4) is 0 Å². The summed E-state index contributed by atoms with van der Waals surface area (Å²) in [5.41, 5.74) is 1.38. The first kappa shape index (κ1) is 16.1. The predicted octanol–water partition coefficient (Wildman–Crippen LogP) is 4.58. The van der Waals surface area contributed by atoms with Crippen LogP contribution in [-0.4, -0.2) is 13.2 Å². The van der Waals surface area contributed by atoms with Crippen molar-refractivity contribution in [1.82, 2.24) is 0 Å². The summed E-state index contributed by atoms with van der Waals surface area (Å²) in [6.45, 7) is 12.4. The number of allylic oxidation sites excluding steroid dienone is 2. The van der Waals surface area contributed by atoms with Gasteiger partial charge in [0, 0.05) is 13.2 Å². The van der Waals surface area contributed by atoms with Gasteiger partial charge in [0.15, 0.2) is 0 Å². The molecule has 0 N–H and O–H groups in total. The third-order valence-corrected chi connectivity index (χ3v) is 1.82. The standard InChI is InChI=1S/C8H18O.C5H10/c1-3-5-6-8-9-7-4-2;1-4-5(2)3/h3-8H2,1-2H3;4H,1-3H3. The summed E-state index contributed by atoms with van der Waals surface area (Å²) in [6, 6.07) is 0.